The van der Waals surface area contributed by atoms with E-state index in [9.17, 15) is 9.18 Å². The molecule has 1 aromatic carbocycles. The predicted octanol–water partition coefficient (Wildman–Crippen LogP) is 2.59. The maximum Gasteiger partial charge on any atom is 0.293 e. The molecule has 2 aromatic rings. The van der Waals surface area contributed by atoms with Crippen molar-refractivity contribution in [1.29, 1.82) is 0 Å². The van der Waals surface area contributed by atoms with E-state index in [1.54, 1.807) is 23.8 Å². The van der Waals surface area contributed by atoms with Gasteiger partial charge in [0.15, 0.2) is 0 Å². The van der Waals surface area contributed by atoms with Gasteiger partial charge in [0.25, 0.3) is 6.47 Å². The van der Waals surface area contributed by atoms with Crippen LogP contribution in [0.4, 0.5) is 4.39 Å². The summed E-state index contributed by atoms with van der Waals surface area (Å²) in [6.07, 6.45) is 1.73. The van der Waals surface area contributed by atoms with Crippen LogP contribution in [0.25, 0.3) is 0 Å². The first-order chi connectivity index (χ1) is 8.31. The maximum atomic E-state index is 12.8. The van der Waals surface area contributed by atoms with Crippen LogP contribution in [-0.4, -0.2) is 18.1 Å². The maximum absolute atomic E-state index is 12.8. The van der Waals surface area contributed by atoms with Gasteiger partial charge >= 0.3 is 0 Å². The second-order valence-corrected chi connectivity index (χ2v) is 4.36. The minimum Gasteiger partial charge on any atom is -0.467 e. The van der Waals surface area contributed by atoms with Gasteiger partial charge in [-0.2, -0.15) is 0 Å². The molecule has 1 heterocycles. The Morgan fingerprint density at radius 2 is 2.18 bits per heavy atom. The summed E-state index contributed by atoms with van der Waals surface area (Å²) < 4.78 is 17.7. The summed E-state index contributed by atoms with van der Waals surface area (Å²) in [6.45, 7) is 0.648. The summed E-state index contributed by atoms with van der Waals surface area (Å²) in [5, 5.41) is 0. The zero-order valence-electron chi connectivity index (χ0n) is 8.88. The van der Waals surface area contributed by atoms with Crippen molar-refractivity contribution in [2.24, 2.45) is 0 Å². The normalized spacial score (nSPS) is 12.1. The highest BCUT2D eigenvalue weighted by Crippen LogP contribution is 2.27. The molecular formula is C12H10FNO2S. The first kappa shape index (κ1) is 11.7. The lowest BCUT2D eigenvalue weighted by atomic mass is 9.99. The molecule has 5 heteroatoms. The third-order valence-electron chi connectivity index (χ3n) is 2.40. The summed E-state index contributed by atoms with van der Waals surface area (Å²) in [5.41, 5.74) is 2.62. The van der Waals surface area contributed by atoms with Gasteiger partial charge in [0.05, 0.1) is 11.4 Å². The number of rotatable bonds is 5. The third kappa shape index (κ3) is 2.88. The highest BCUT2D eigenvalue weighted by Gasteiger charge is 2.16. The van der Waals surface area contributed by atoms with Gasteiger partial charge in [-0.1, -0.05) is 12.1 Å². The van der Waals surface area contributed by atoms with Crippen LogP contribution in [0, 0.1) is 5.82 Å². The summed E-state index contributed by atoms with van der Waals surface area (Å²) >= 11 is 1.48. The Balaban J connectivity index is 2.26. The molecule has 1 atom stereocenters. The second kappa shape index (κ2) is 5.54. The van der Waals surface area contributed by atoms with Crippen molar-refractivity contribution in [3.63, 3.8) is 0 Å². The van der Waals surface area contributed by atoms with Crippen LogP contribution < -0.4 is 0 Å². The van der Waals surface area contributed by atoms with Crippen LogP contribution in [0.2, 0.25) is 0 Å². The lowest BCUT2D eigenvalue weighted by Gasteiger charge is -2.14. The van der Waals surface area contributed by atoms with Crippen LogP contribution in [-0.2, 0) is 9.53 Å². The number of thiazole rings is 1. The van der Waals surface area contributed by atoms with E-state index in [4.69, 9.17) is 4.74 Å². The van der Waals surface area contributed by atoms with Crippen LogP contribution in [0.15, 0.2) is 36.0 Å². The molecular weight excluding hydrogens is 241 g/mol. The second-order valence-electron chi connectivity index (χ2n) is 3.44. The van der Waals surface area contributed by atoms with Gasteiger partial charge in [-0.25, -0.2) is 4.39 Å². The van der Waals surface area contributed by atoms with Gasteiger partial charge in [0.2, 0.25) is 0 Å². The minimum atomic E-state index is -0.284. The Morgan fingerprint density at radius 3 is 2.76 bits per heavy atom. The Labute approximate surface area is 102 Å². The molecule has 0 aliphatic carbocycles. The molecule has 0 N–H and O–H groups in total. The van der Waals surface area contributed by atoms with E-state index in [0.717, 1.165) is 10.4 Å². The molecule has 0 saturated heterocycles. The molecule has 0 radical (unpaired) electrons. The van der Waals surface area contributed by atoms with Crippen molar-refractivity contribution >= 4 is 17.8 Å². The molecule has 0 bridgehead atoms. The SMILES string of the molecule is O=COCC(c1ccc(F)cc1)c1cncs1. The molecule has 0 aliphatic rings. The topological polar surface area (TPSA) is 39.2 Å². The van der Waals surface area contributed by atoms with Crippen molar-refractivity contribution in [1.82, 2.24) is 4.98 Å². The monoisotopic (exact) mass is 251 g/mol. The molecule has 2 rings (SSSR count). The van der Waals surface area contributed by atoms with Gasteiger partial charge < -0.3 is 4.74 Å². The van der Waals surface area contributed by atoms with Crippen LogP contribution in [0.1, 0.15) is 16.4 Å². The van der Waals surface area contributed by atoms with E-state index < -0.39 is 0 Å². The minimum absolute atomic E-state index is 0.0895. The molecule has 3 nitrogen and oxygen atoms in total. The number of aromatic nitrogens is 1. The predicted molar refractivity (Wildman–Crippen MR) is 62.4 cm³/mol. The molecule has 0 fully saturated rings. The number of carbonyl (C=O) groups excluding carboxylic acids is 1. The highest BCUT2D eigenvalue weighted by atomic mass is 32.1. The smallest absolute Gasteiger partial charge is 0.293 e. The van der Waals surface area contributed by atoms with Crippen LogP contribution in [0.3, 0.4) is 0 Å². The van der Waals surface area contributed by atoms with Crippen molar-refractivity contribution in [2.45, 2.75) is 5.92 Å². The van der Waals surface area contributed by atoms with Crippen LogP contribution >= 0.6 is 11.3 Å². The van der Waals surface area contributed by atoms with Gasteiger partial charge in [-0.3, -0.25) is 9.78 Å². The number of hydrogen-bond acceptors (Lipinski definition) is 4. The summed E-state index contributed by atoms with van der Waals surface area (Å²) in [6, 6.07) is 6.16. The van der Waals surface area contributed by atoms with Gasteiger partial charge in [0.1, 0.15) is 12.4 Å². The molecule has 1 unspecified atom stereocenters. The zero-order valence-corrected chi connectivity index (χ0v) is 9.69. The number of halogens is 1. The average molecular weight is 251 g/mol. The quantitative estimate of drug-likeness (QED) is 0.767. The summed E-state index contributed by atoms with van der Waals surface area (Å²) in [4.78, 5) is 15.2. The molecule has 17 heavy (non-hydrogen) atoms. The van der Waals surface area contributed by atoms with Crippen molar-refractivity contribution in [2.75, 3.05) is 6.61 Å². The third-order valence-corrected chi connectivity index (χ3v) is 3.29. The van der Waals surface area contributed by atoms with Gasteiger partial charge in [-0.05, 0) is 17.7 Å². The molecule has 1 aromatic heterocycles. The number of carbonyl (C=O) groups is 1. The van der Waals surface area contributed by atoms with Gasteiger partial charge in [-0.15, -0.1) is 11.3 Å². The molecule has 0 saturated carbocycles. The molecule has 88 valence electrons. The van der Waals surface area contributed by atoms with Crippen molar-refractivity contribution in [3.8, 4) is 0 Å². The fourth-order valence-electron chi connectivity index (χ4n) is 1.57. The van der Waals surface area contributed by atoms with E-state index in [-0.39, 0.29) is 18.3 Å². The molecule has 0 aliphatic heterocycles. The summed E-state index contributed by atoms with van der Waals surface area (Å²) in [7, 11) is 0. The standard InChI is InChI=1S/C12H10FNO2S/c13-10-3-1-9(2-4-10)11(6-16-8-15)12-5-14-7-17-12/h1-5,7-8,11H,6H2. The fourth-order valence-corrected chi connectivity index (χ4v) is 2.30. The van der Waals surface area contributed by atoms with E-state index in [2.05, 4.69) is 4.98 Å². The average Bonchev–Trinajstić information content (AvgIpc) is 2.85. The van der Waals surface area contributed by atoms with Gasteiger partial charge in [0, 0.05) is 11.1 Å². The summed E-state index contributed by atoms with van der Waals surface area (Å²) in [5.74, 6) is -0.374. The van der Waals surface area contributed by atoms with E-state index in [1.165, 1.54) is 23.5 Å². The molecule has 0 spiro atoms. The fraction of sp³-hybridized carbons (Fsp3) is 0.167. The van der Waals surface area contributed by atoms with E-state index >= 15 is 0 Å². The Hall–Kier alpha value is -1.75. The van der Waals surface area contributed by atoms with E-state index in [0.29, 0.717) is 6.47 Å². The number of benzene rings is 1. The molecule has 0 amide bonds. The Morgan fingerprint density at radius 1 is 1.41 bits per heavy atom. The first-order valence-corrected chi connectivity index (χ1v) is 5.88. The lowest BCUT2D eigenvalue weighted by Crippen LogP contribution is -2.07. The first-order valence-electron chi connectivity index (χ1n) is 5.00. The Bertz CT molecular complexity index is 470. The highest BCUT2D eigenvalue weighted by molar-refractivity contribution is 7.09. The van der Waals surface area contributed by atoms with Crippen LogP contribution in [0.5, 0.6) is 0 Å². The number of ether oxygens (including phenoxy) is 1. The largest absolute Gasteiger partial charge is 0.467 e. The Kier molecular flexibility index (Phi) is 3.82. The number of hydrogen-bond donors (Lipinski definition) is 0. The van der Waals surface area contributed by atoms with Crippen molar-refractivity contribution < 1.29 is 13.9 Å². The zero-order chi connectivity index (χ0) is 12.1. The van der Waals surface area contributed by atoms with Crippen molar-refractivity contribution in [3.05, 3.63) is 52.2 Å². The lowest BCUT2D eigenvalue weighted by molar-refractivity contribution is -0.128. The number of nitrogens with zero attached hydrogens (tertiary/aromatic N) is 1. The van der Waals surface area contributed by atoms with E-state index in [1.807, 2.05) is 0 Å².